The lowest BCUT2D eigenvalue weighted by atomic mass is 10.2. The molecule has 1 aliphatic rings. The monoisotopic (exact) mass is 250 g/mol. The van der Waals surface area contributed by atoms with E-state index < -0.39 is 0 Å². The van der Waals surface area contributed by atoms with E-state index in [4.69, 9.17) is 5.73 Å². The van der Waals surface area contributed by atoms with Gasteiger partial charge in [0, 0.05) is 18.0 Å². The molecule has 1 aromatic heterocycles. The molecule has 1 fully saturated rings. The van der Waals surface area contributed by atoms with E-state index in [0.29, 0.717) is 18.3 Å². The van der Waals surface area contributed by atoms with E-state index >= 15 is 0 Å². The minimum absolute atomic E-state index is 0.338. The Labute approximate surface area is 108 Å². The minimum atomic E-state index is -0.338. The summed E-state index contributed by atoms with van der Waals surface area (Å²) >= 11 is 0. The van der Waals surface area contributed by atoms with E-state index in [1.165, 1.54) is 0 Å². The summed E-state index contributed by atoms with van der Waals surface area (Å²) in [6.45, 7) is 4.47. The summed E-state index contributed by atoms with van der Waals surface area (Å²) < 4.78 is 0. The fraction of sp³-hybridized carbons (Fsp3) is 0.692. The van der Waals surface area contributed by atoms with E-state index in [2.05, 4.69) is 22.2 Å². The predicted molar refractivity (Wildman–Crippen MR) is 72.6 cm³/mol. The molecule has 0 spiro atoms. The molecular weight excluding hydrogens is 228 g/mol. The second-order valence-corrected chi connectivity index (χ2v) is 5.04. The lowest BCUT2D eigenvalue weighted by molar-refractivity contribution is 0.176. The van der Waals surface area contributed by atoms with Gasteiger partial charge in [-0.25, -0.2) is 9.97 Å². The van der Waals surface area contributed by atoms with Gasteiger partial charge in [-0.15, -0.1) is 0 Å². The maximum absolute atomic E-state index is 9.72. The molecule has 0 radical (unpaired) electrons. The molecule has 1 unspecified atom stereocenters. The number of aliphatic hydroxyl groups excluding tert-OH is 1. The van der Waals surface area contributed by atoms with Crippen molar-refractivity contribution in [3.8, 4) is 0 Å². The summed E-state index contributed by atoms with van der Waals surface area (Å²) in [7, 11) is 0. The van der Waals surface area contributed by atoms with Gasteiger partial charge in [-0.2, -0.15) is 0 Å². The first-order valence-corrected chi connectivity index (χ1v) is 6.67. The summed E-state index contributed by atoms with van der Waals surface area (Å²) in [5.74, 6) is 2.62. The average molecular weight is 250 g/mol. The number of aliphatic hydroxyl groups is 1. The SMILES string of the molecule is CCCC(O)CNc1nc(C2CC2)nc(N)c1C. The second kappa shape index (κ2) is 5.52. The van der Waals surface area contributed by atoms with Crippen molar-refractivity contribution in [2.24, 2.45) is 0 Å². The molecule has 0 saturated heterocycles. The molecule has 5 nitrogen and oxygen atoms in total. The number of anilines is 2. The summed E-state index contributed by atoms with van der Waals surface area (Å²) in [5.41, 5.74) is 6.76. The maximum atomic E-state index is 9.72. The van der Waals surface area contributed by atoms with Gasteiger partial charge in [-0.05, 0) is 26.2 Å². The largest absolute Gasteiger partial charge is 0.391 e. The molecule has 0 amide bonds. The van der Waals surface area contributed by atoms with Crippen LogP contribution in [-0.2, 0) is 0 Å². The van der Waals surface area contributed by atoms with E-state index in [1.807, 2.05) is 6.92 Å². The Morgan fingerprint density at radius 2 is 2.17 bits per heavy atom. The number of nitrogens with two attached hydrogens (primary N) is 1. The number of nitrogens with zero attached hydrogens (tertiary/aromatic N) is 2. The van der Waals surface area contributed by atoms with Gasteiger partial charge < -0.3 is 16.2 Å². The van der Waals surface area contributed by atoms with Gasteiger partial charge in [0.2, 0.25) is 0 Å². The fourth-order valence-corrected chi connectivity index (χ4v) is 1.90. The Kier molecular flexibility index (Phi) is 4.01. The molecule has 1 saturated carbocycles. The number of hydrogen-bond donors (Lipinski definition) is 3. The molecule has 5 heteroatoms. The lowest BCUT2D eigenvalue weighted by Gasteiger charge is -2.14. The summed E-state index contributed by atoms with van der Waals surface area (Å²) in [6.07, 6.45) is 3.74. The third-order valence-corrected chi connectivity index (χ3v) is 3.27. The normalized spacial score (nSPS) is 16.6. The maximum Gasteiger partial charge on any atom is 0.136 e. The van der Waals surface area contributed by atoms with Gasteiger partial charge >= 0.3 is 0 Å². The second-order valence-electron chi connectivity index (χ2n) is 5.04. The molecule has 0 bridgehead atoms. The van der Waals surface area contributed by atoms with Crippen molar-refractivity contribution in [2.75, 3.05) is 17.6 Å². The summed E-state index contributed by atoms with van der Waals surface area (Å²) in [4.78, 5) is 8.84. The van der Waals surface area contributed by atoms with Crippen molar-refractivity contribution in [1.82, 2.24) is 9.97 Å². The summed E-state index contributed by atoms with van der Waals surface area (Å²) in [6, 6.07) is 0. The quantitative estimate of drug-likeness (QED) is 0.717. The molecule has 1 aromatic rings. The van der Waals surface area contributed by atoms with E-state index in [-0.39, 0.29) is 6.10 Å². The first kappa shape index (κ1) is 13.1. The van der Waals surface area contributed by atoms with Crippen LogP contribution in [0.15, 0.2) is 0 Å². The van der Waals surface area contributed by atoms with Crippen LogP contribution in [0.1, 0.15) is 49.9 Å². The van der Waals surface area contributed by atoms with Crippen molar-refractivity contribution in [2.45, 2.75) is 51.6 Å². The van der Waals surface area contributed by atoms with Gasteiger partial charge in [0.25, 0.3) is 0 Å². The zero-order valence-electron chi connectivity index (χ0n) is 11.1. The van der Waals surface area contributed by atoms with E-state index in [1.54, 1.807) is 0 Å². The van der Waals surface area contributed by atoms with Crippen molar-refractivity contribution in [3.63, 3.8) is 0 Å². The van der Waals surface area contributed by atoms with E-state index in [9.17, 15) is 5.11 Å². The number of hydrogen-bond acceptors (Lipinski definition) is 5. The molecule has 2 rings (SSSR count). The Bertz CT molecular complexity index is 418. The zero-order valence-corrected chi connectivity index (χ0v) is 11.1. The molecule has 0 aromatic carbocycles. The average Bonchev–Trinajstić information content (AvgIpc) is 3.15. The molecule has 18 heavy (non-hydrogen) atoms. The molecule has 1 atom stereocenters. The van der Waals surface area contributed by atoms with Crippen LogP contribution in [0.2, 0.25) is 0 Å². The molecule has 0 aliphatic heterocycles. The van der Waals surface area contributed by atoms with Crippen LogP contribution in [-0.4, -0.2) is 27.7 Å². The van der Waals surface area contributed by atoms with Crippen LogP contribution in [0, 0.1) is 6.92 Å². The van der Waals surface area contributed by atoms with Gasteiger partial charge in [-0.3, -0.25) is 0 Å². The van der Waals surface area contributed by atoms with Gasteiger partial charge in [0.05, 0.1) is 6.10 Å². The standard InChI is InChI=1S/C13H22N4O/c1-3-4-10(18)7-15-12-8(2)11(14)16-13(17-12)9-5-6-9/h9-10,18H,3-7H2,1-2H3,(H3,14,15,16,17). The fourth-order valence-electron chi connectivity index (χ4n) is 1.90. The Balaban J connectivity index is 2.06. The minimum Gasteiger partial charge on any atom is -0.391 e. The number of aromatic nitrogens is 2. The van der Waals surface area contributed by atoms with Crippen molar-refractivity contribution in [3.05, 3.63) is 11.4 Å². The number of rotatable bonds is 6. The Hall–Kier alpha value is -1.36. The Morgan fingerprint density at radius 3 is 2.78 bits per heavy atom. The molecule has 1 aliphatic carbocycles. The number of nitrogens with one attached hydrogen (secondary N) is 1. The van der Waals surface area contributed by atoms with Crippen LogP contribution in [0.4, 0.5) is 11.6 Å². The van der Waals surface area contributed by atoms with Crippen molar-refractivity contribution in [1.29, 1.82) is 0 Å². The Morgan fingerprint density at radius 1 is 1.44 bits per heavy atom. The van der Waals surface area contributed by atoms with Gasteiger partial charge in [-0.1, -0.05) is 13.3 Å². The third-order valence-electron chi connectivity index (χ3n) is 3.27. The highest BCUT2D eigenvalue weighted by atomic mass is 16.3. The first-order valence-electron chi connectivity index (χ1n) is 6.67. The first-order chi connectivity index (χ1) is 8.61. The van der Waals surface area contributed by atoms with Gasteiger partial charge in [0.1, 0.15) is 17.5 Å². The predicted octanol–water partition coefficient (Wildman–Crippen LogP) is 1.82. The van der Waals surface area contributed by atoms with Crippen LogP contribution >= 0.6 is 0 Å². The molecule has 4 N–H and O–H groups in total. The smallest absolute Gasteiger partial charge is 0.136 e. The van der Waals surface area contributed by atoms with E-state index in [0.717, 1.165) is 42.9 Å². The third kappa shape index (κ3) is 3.10. The zero-order chi connectivity index (χ0) is 13.1. The molecular formula is C13H22N4O. The highest BCUT2D eigenvalue weighted by molar-refractivity contribution is 5.55. The van der Waals surface area contributed by atoms with Crippen LogP contribution in [0.3, 0.4) is 0 Å². The highest BCUT2D eigenvalue weighted by Crippen LogP contribution is 2.39. The van der Waals surface area contributed by atoms with Crippen molar-refractivity contribution < 1.29 is 5.11 Å². The molecule has 1 heterocycles. The lowest BCUT2D eigenvalue weighted by Crippen LogP contribution is -2.21. The summed E-state index contributed by atoms with van der Waals surface area (Å²) in [5, 5.41) is 12.9. The van der Waals surface area contributed by atoms with Crippen LogP contribution in [0.25, 0.3) is 0 Å². The number of nitrogen functional groups attached to an aromatic ring is 1. The van der Waals surface area contributed by atoms with Crippen molar-refractivity contribution >= 4 is 11.6 Å². The van der Waals surface area contributed by atoms with Gasteiger partial charge in [0.15, 0.2) is 0 Å². The topological polar surface area (TPSA) is 84.1 Å². The van der Waals surface area contributed by atoms with Crippen LogP contribution < -0.4 is 11.1 Å². The highest BCUT2D eigenvalue weighted by Gasteiger charge is 2.27. The van der Waals surface area contributed by atoms with Crippen LogP contribution in [0.5, 0.6) is 0 Å². The molecule has 100 valence electrons.